The molecule has 2 rings (SSSR count). The molecule has 0 aromatic heterocycles. The molecule has 0 atom stereocenters. The normalized spacial score (nSPS) is 10.2. The quantitative estimate of drug-likeness (QED) is 0.688. The molecule has 6 nitrogen and oxygen atoms in total. The van der Waals surface area contributed by atoms with Gasteiger partial charge in [0.05, 0.1) is 4.92 Å². The van der Waals surface area contributed by atoms with Crippen molar-refractivity contribution < 1.29 is 14.8 Å². The van der Waals surface area contributed by atoms with Gasteiger partial charge in [0, 0.05) is 24.5 Å². The lowest BCUT2D eigenvalue weighted by Crippen LogP contribution is -2.11. The minimum absolute atomic E-state index is 0.318. The average Bonchev–Trinajstić information content (AvgIpc) is 2.45. The van der Waals surface area contributed by atoms with Gasteiger partial charge >= 0.3 is 5.97 Å². The summed E-state index contributed by atoms with van der Waals surface area (Å²) in [5.74, 6) is -1.31. The summed E-state index contributed by atoms with van der Waals surface area (Å²) in [6, 6.07) is 11.7. The number of hydrogen-bond donors (Lipinski definition) is 1. The van der Waals surface area contributed by atoms with Crippen LogP contribution >= 0.6 is 0 Å². The van der Waals surface area contributed by atoms with Crippen molar-refractivity contribution >= 4 is 23.0 Å². The lowest BCUT2D eigenvalue weighted by molar-refractivity contribution is -0.385. The van der Waals surface area contributed by atoms with Crippen LogP contribution in [-0.2, 0) is 0 Å². The number of carbonyl (C=O) groups is 1. The van der Waals surface area contributed by atoms with Gasteiger partial charge in [0.25, 0.3) is 5.69 Å². The second-order valence-corrected chi connectivity index (χ2v) is 4.66. The number of nitro groups is 1. The molecular weight excluding hydrogens is 272 g/mol. The number of nitrogens with zero attached hydrogens (tertiary/aromatic N) is 2. The Morgan fingerprint density at radius 1 is 1.19 bits per heavy atom. The van der Waals surface area contributed by atoms with Crippen LogP contribution in [0.5, 0.6) is 0 Å². The van der Waals surface area contributed by atoms with Crippen LogP contribution in [0.3, 0.4) is 0 Å². The lowest BCUT2D eigenvalue weighted by Gasteiger charge is -2.20. The van der Waals surface area contributed by atoms with E-state index in [1.807, 2.05) is 31.2 Å². The van der Waals surface area contributed by atoms with E-state index >= 15 is 0 Å². The van der Waals surface area contributed by atoms with E-state index in [1.54, 1.807) is 18.0 Å². The van der Waals surface area contributed by atoms with Gasteiger partial charge in [-0.15, -0.1) is 0 Å². The maximum absolute atomic E-state index is 11.0. The minimum atomic E-state index is -1.31. The second kappa shape index (κ2) is 5.62. The first-order valence-corrected chi connectivity index (χ1v) is 6.22. The van der Waals surface area contributed by atoms with Crippen LogP contribution in [0.4, 0.5) is 17.1 Å². The van der Waals surface area contributed by atoms with E-state index in [-0.39, 0.29) is 5.56 Å². The summed E-state index contributed by atoms with van der Waals surface area (Å²) in [7, 11) is 1.77. The van der Waals surface area contributed by atoms with E-state index in [9.17, 15) is 14.9 Å². The van der Waals surface area contributed by atoms with Gasteiger partial charge < -0.3 is 10.0 Å². The highest BCUT2D eigenvalue weighted by molar-refractivity contribution is 5.93. The first kappa shape index (κ1) is 14.5. The van der Waals surface area contributed by atoms with Crippen molar-refractivity contribution in [3.8, 4) is 0 Å². The van der Waals surface area contributed by atoms with Crippen molar-refractivity contribution in [2.24, 2.45) is 0 Å². The topological polar surface area (TPSA) is 83.7 Å². The highest BCUT2D eigenvalue weighted by Crippen LogP contribution is 2.29. The fourth-order valence-corrected chi connectivity index (χ4v) is 2.05. The van der Waals surface area contributed by atoms with Gasteiger partial charge in [0.2, 0.25) is 0 Å². The molecule has 2 aromatic rings. The van der Waals surface area contributed by atoms with E-state index in [1.165, 1.54) is 12.1 Å². The number of nitro benzene ring substituents is 1. The molecule has 0 aliphatic carbocycles. The smallest absolute Gasteiger partial charge is 0.342 e. The first-order valence-electron chi connectivity index (χ1n) is 6.22. The molecule has 0 amide bonds. The van der Waals surface area contributed by atoms with E-state index in [4.69, 9.17) is 5.11 Å². The molecule has 0 aliphatic heterocycles. The Labute approximate surface area is 121 Å². The molecule has 0 saturated heterocycles. The predicted octanol–water partition coefficient (Wildman–Crippen LogP) is 3.37. The molecule has 0 saturated carbocycles. The van der Waals surface area contributed by atoms with E-state index < -0.39 is 16.6 Å². The summed E-state index contributed by atoms with van der Waals surface area (Å²) in [6.07, 6.45) is 0. The zero-order chi connectivity index (χ0) is 15.6. The maximum atomic E-state index is 11.0. The number of carboxylic acid groups (broad SMARTS) is 1. The van der Waals surface area contributed by atoms with E-state index in [0.717, 1.165) is 11.3 Å². The third-order valence-corrected chi connectivity index (χ3v) is 3.18. The standard InChI is InChI=1S/C15H14N2O4/c1-10-4-3-5-11(8-10)16(2)12-6-7-13(15(18)19)14(9-12)17(20)21/h3-9H,1-2H3,(H,18,19). The zero-order valence-corrected chi connectivity index (χ0v) is 11.6. The zero-order valence-electron chi connectivity index (χ0n) is 11.6. The SMILES string of the molecule is Cc1cccc(N(C)c2ccc(C(=O)O)c([N+](=O)[O-])c2)c1. The van der Waals surface area contributed by atoms with Crippen molar-refractivity contribution in [3.05, 3.63) is 63.7 Å². The van der Waals surface area contributed by atoms with Crippen LogP contribution < -0.4 is 4.90 Å². The van der Waals surface area contributed by atoms with Crippen molar-refractivity contribution in [2.75, 3.05) is 11.9 Å². The Kier molecular flexibility index (Phi) is 3.89. The number of aromatic carboxylic acids is 1. The third-order valence-electron chi connectivity index (χ3n) is 3.18. The molecule has 0 aliphatic rings. The maximum Gasteiger partial charge on any atom is 0.342 e. The lowest BCUT2D eigenvalue weighted by atomic mass is 10.1. The van der Waals surface area contributed by atoms with Crippen molar-refractivity contribution in [2.45, 2.75) is 6.92 Å². The third kappa shape index (κ3) is 3.00. The number of carboxylic acids is 1. The number of rotatable bonds is 4. The summed E-state index contributed by atoms with van der Waals surface area (Å²) in [5.41, 5.74) is 1.75. The molecular formula is C15H14N2O4. The molecule has 0 fully saturated rings. The summed E-state index contributed by atoms with van der Waals surface area (Å²) < 4.78 is 0. The molecule has 6 heteroatoms. The summed E-state index contributed by atoms with van der Waals surface area (Å²) >= 11 is 0. The molecule has 0 bridgehead atoms. The number of anilines is 2. The van der Waals surface area contributed by atoms with Crippen molar-refractivity contribution in [1.82, 2.24) is 0 Å². The van der Waals surface area contributed by atoms with Gasteiger partial charge in [-0.05, 0) is 36.8 Å². The van der Waals surface area contributed by atoms with E-state index in [0.29, 0.717) is 5.69 Å². The first-order chi connectivity index (χ1) is 9.90. The van der Waals surface area contributed by atoms with Gasteiger partial charge in [-0.3, -0.25) is 10.1 Å². The molecule has 2 aromatic carbocycles. The van der Waals surface area contributed by atoms with Crippen LogP contribution in [0.25, 0.3) is 0 Å². The molecule has 1 N–H and O–H groups in total. The van der Waals surface area contributed by atoms with Crippen molar-refractivity contribution in [1.29, 1.82) is 0 Å². The Hall–Kier alpha value is -2.89. The fourth-order valence-electron chi connectivity index (χ4n) is 2.05. The molecule has 0 radical (unpaired) electrons. The van der Waals surface area contributed by atoms with Gasteiger partial charge in [-0.2, -0.15) is 0 Å². The Morgan fingerprint density at radius 2 is 1.86 bits per heavy atom. The Bertz CT molecular complexity index is 713. The van der Waals surface area contributed by atoms with Crippen LogP contribution in [-0.4, -0.2) is 23.0 Å². The summed E-state index contributed by atoms with van der Waals surface area (Å²) in [5, 5.41) is 20.0. The van der Waals surface area contributed by atoms with Crippen molar-refractivity contribution in [3.63, 3.8) is 0 Å². The van der Waals surface area contributed by atoms with Crippen LogP contribution in [0.15, 0.2) is 42.5 Å². The summed E-state index contributed by atoms with van der Waals surface area (Å²) in [4.78, 5) is 23.1. The summed E-state index contributed by atoms with van der Waals surface area (Å²) in [6.45, 7) is 1.95. The molecule has 108 valence electrons. The average molecular weight is 286 g/mol. The molecule has 21 heavy (non-hydrogen) atoms. The van der Waals surface area contributed by atoms with Crippen LogP contribution in [0.2, 0.25) is 0 Å². The Morgan fingerprint density at radius 3 is 2.43 bits per heavy atom. The highest BCUT2D eigenvalue weighted by Gasteiger charge is 2.21. The van der Waals surface area contributed by atoms with Crippen LogP contribution in [0, 0.1) is 17.0 Å². The largest absolute Gasteiger partial charge is 0.477 e. The van der Waals surface area contributed by atoms with Crippen LogP contribution in [0.1, 0.15) is 15.9 Å². The van der Waals surface area contributed by atoms with Gasteiger partial charge in [-0.25, -0.2) is 4.79 Å². The molecule has 0 heterocycles. The number of hydrogen-bond acceptors (Lipinski definition) is 4. The molecule has 0 spiro atoms. The number of aryl methyl sites for hydroxylation is 1. The minimum Gasteiger partial charge on any atom is -0.477 e. The number of benzene rings is 2. The highest BCUT2D eigenvalue weighted by atomic mass is 16.6. The Balaban J connectivity index is 2.47. The van der Waals surface area contributed by atoms with E-state index in [2.05, 4.69) is 0 Å². The van der Waals surface area contributed by atoms with Gasteiger partial charge in [-0.1, -0.05) is 12.1 Å². The monoisotopic (exact) mass is 286 g/mol. The van der Waals surface area contributed by atoms with Gasteiger partial charge in [0.1, 0.15) is 5.56 Å². The fraction of sp³-hybridized carbons (Fsp3) is 0.133. The molecule has 0 unspecified atom stereocenters. The second-order valence-electron chi connectivity index (χ2n) is 4.66. The van der Waals surface area contributed by atoms with Gasteiger partial charge in [0.15, 0.2) is 0 Å². The predicted molar refractivity (Wildman–Crippen MR) is 79.3 cm³/mol.